The highest BCUT2D eigenvalue weighted by Gasteiger charge is 2.44. The van der Waals surface area contributed by atoms with Gasteiger partial charge in [0.2, 0.25) is 0 Å². The Balaban J connectivity index is 1.91. The molecule has 1 aliphatic heterocycles. The predicted octanol–water partition coefficient (Wildman–Crippen LogP) is -1.43. The first-order chi connectivity index (χ1) is 14.6. The average Bonchev–Trinajstić information content (AvgIpc) is 3.09. The molecule has 0 bridgehead atoms. The van der Waals surface area contributed by atoms with Crippen molar-refractivity contribution in [2.75, 3.05) is 13.7 Å². The van der Waals surface area contributed by atoms with E-state index in [0.29, 0.717) is 17.3 Å². The zero-order valence-electron chi connectivity index (χ0n) is 16.1. The lowest BCUT2D eigenvalue weighted by molar-refractivity contribution is -0.205. The van der Waals surface area contributed by atoms with Gasteiger partial charge < -0.3 is 34.6 Å². The van der Waals surface area contributed by atoms with Crippen molar-refractivity contribution in [3.8, 4) is 0 Å². The fraction of sp³-hybridized carbons (Fsp3) is 0.471. The highest BCUT2D eigenvalue weighted by Crippen LogP contribution is 2.31. The van der Waals surface area contributed by atoms with Crippen LogP contribution in [0.15, 0.2) is 35.6 Å². The number of para-hydroxylation sites is 1. The molecule has 4 N–H and O–H groups in total. The monoisotopic (exact) mass is 477 g/mol. The van der Waals surface area contributed by atoms with Crippen LogP contribution in [0, 0.1) is 0 Å². The van der Waals surface area contributed by atoms with Crippen LogP contribution in [0.1, 0.15) is 5.56 Å². The summed E-state index contributed by atoms with van der Waals surface area (Å²) in [6.07, 6.45) is -4.39. The molecule has 2 aromatic rings. The summed E-state index contributed by atoms with van der Waals surface area (Å²) >= 11 is 0.677. The molecule has 1 aromatic heterocycles. The van der Waals surface area contributed by atoms with Gasteiger partial charge in [0, 0.05) is 18.0 Å². The number of nitrogens with zero attached hydrogens (tertiary/aromatic N) is 2. The van der Waals surface area contributed by atoms with Crippen LogP contribution < -0.4 is 4.84 Å². The van der Waals surface area contributed by atoms with Crippen LogP contribution in [0.2, 0.25) is 0 Å². The summed E-state index contributed by atoms with van der Waals surface area (Å²) in [4.78, 5) is 5.26. The lowest BCUT2D eigenvalue weighted by atomic mass is 10.0. The Morgan fingerprint density at radius 2 is 1.97 bits per heavy atom. The maximum Gasteiger partial charge on any atom is 0.284 e. The SMILES string of the molecule is COn1cc(C/C(=N/OS(=O)(=O)[O-])S[C@@H]2O[C@H](CO)[C@@H](O)[C@H](O)[C@H]2O)c2ccccc21. The largest absolute Gasteiger partial charge is 0.714 e. The molecule has 1 saturated heterocycles. The molecule has 0 amide bonds. The lowest BCUT2D eigenvalue weighted by Crippen LogP contribution is -2.57. The number of hydrogen-bond acceptors (Lipinski definition) is 12. The van der Waals surface area contributed by atoms with Crippen molar-refractivity contribution in [1.82, 2.24) is 4.73 Å². The number of fused-ring (bicyclic) bond motifs is 1. The summed E-state index contributed by atoms with van der Waals surface area (Å²) in [7, 11) is -3.70. The maximum absolute atomic E-state index is 10.9. The smallest absolute Gasteiger partial charge is 0.284 e. The molecule has 5 atom stereocenters. The third-order valence-electron chi connectivity index (χ3n) is 4.63. The Hall–Kier alpha value is -1.91. The van der Waals surface area contributed by atoms with Gasteiger partial charge in [0.15, 0.2) is 0 Å². The molecule has 0 radical (unpaired) electrons. The van der Waals surface area contributed by atoms with Crippen LogP contribution in [0.5, 0.6) is 0 Å². The van der Waals surface area contributed by atoms with Crippen molar-refractivity contribution >= 4 is 38.1 Å². The number of benzene rings is 1. The molecule has 1 fully saturated rings. The second-order valence-electron chi connectivity index (χ2n) is 6.64. The van der Waals surface area contributed by atoms with Gasteiger partial charge in [-0.15, -0.1) is 0 Å². The van der Waals surface area contributed by atoms with Gasteiger partial charge in [-0.05, 0) is 11.6 Å². The Morgan fingerprint density at radius 1 is 1.26 bits per heavy atom. The van der Waals surface area contributed by atoms with E-state index in [1.165, 1.54) is 11.8 Å². The second-order valence-corrected chi connectivity index (χ2v) is 8.78. The first kappa shape index (κ1) is 23.7. The van der Waals surface area contributed by atoms with Crippen molar-refractivity contribution in [2.24, 2.45) is 5.16 Å². The van der Waals surface area contributed by atoms with Crippen LogP contribution in [-0.2, 0) is 25.8 Å². The van der Waals surface area contributed by atoms with Crippen molar-refractivity contribution in [2.45, 2.75) is 36.3 Å². The molecule has 0 saturated carbocycles. The van der Waals surface area contributed by atoms with E-state index in [9.17, 15) is 33.4 Å². The van der Waals surface area contributed by atoms with Crippen LogP contribution in [0.4, 0.5) is 0 Å². The van der Waals surface area contributed by atoms with E-state index in [0.717, 1.165) is 10.9 Å². The van der Waals surface area contributed by atoms with Gasteiger partial charge in [0.1, 0.15) is 42.0 Å². The molecule has 2 heterocycles. The summed E-state index contributed by atoms with van der Waals surface area (Å²) in [6.45, 7) is -0.638. The zero-order valence-corrected chi connectivity index (χ0v) is 17.8. The second kappa shape index (κ2) is 9.70. The topological polar surface area (TPSA) is 183 Å². The third kappa shape index (κ3) is 5.48. The van der Waals surface area contributed by atoms with Crippen molar-refractivity contribution in [1.29, 1.82) is 0 Å². The molecular weight excluding hydrogens is 456 g/mol. The van der Waals surface area contributed by atoms with Gasteiger partial charge in [0.05, 0.1) is 12.1 Å². The minimum atomic E-state index is -5.16. The normalized spacial score (nSPS) is 27.4. The van der Waals surface area contributed by atoms with E-state index in [4.69, 9.17) is 9.57 Å². The van der Waals surface area contributed by atoms with E-state index in [1.54, 1.807) is 30.5 Å². The highest BCUT2D eigenvalue weighted by molar-refractivity contribution is 8.14. The van der Waals surface area contributed by atoms with E-state index in [1.807, 2.05) is 0 Å². The molecule has 1 aromatic carbocycles. The highest BCUT2D eigenvalue weighted by atomic mass is 32.3. The number of ether oxygens (including phenoxy) is 1. The van der Waals surface area contributed by atoms with Gasteiger partial charge in [-0.3, -0.25) is 4.28 Å². The van der Waals surface area contributed by atoms with Crippen LogP contribution >= 0.6 is 11.8 Å². The fourth-order valence-electron chi connectivity index (χ4n) is 3.15. The number of aliphatic hydroxyl groups excluding tert-OH is 4. The first-order valence-electron chi connectivity index (χ1n) is 8.96. The number of aliphatic hydroxyl groups is 4. The quantitative estimate of drug-likeness (QED) is 0.120. The number of rotatable bonds is 7. The van der Waals surface area contributed by atoms with E-state index >= 15 is 0 Å². The Morgan fingerprint density at radius 3 is 2.61 bits per heavy atom. The molecule has 3 rings (SSSR count). The maximum atomic E-state index is 10.9. The van der Waals surface area contributed by atoms with Crippen molar-refractivity contribution in [3.63, 3.8) is 0 Å². The minimum Gasteiger partial charge on any atom is -0.714 e. The molecule has 172 valence electrons. The number of thioether (sulfide) groups is 1. The van der Waals surface area contributed by atoms with Crippen molar-refractivity contribution < 1.29 is 47.3 Å². The van der Waals surface area contributed by atoms with Gasteiger partial charge in [-0.1, -0.05) is 35.1 Å². The predicted molar refractivity (Wildman–Crippen MR) is 108 cm³/mol. The molecule has 12 nitrogen and oxygen atoms in total. The molecular formula is C17H21N2O10S2-. The fourth-order valence-corrected chi connectivity index (χ4v) is 4.47. The van der Waals surface area contributed by atoms with E-state index < -0.39 is 46.9 Å². The van der Waals surface area contributed by atoms with Gasteiger partial charge >= 0.3 is 0 Å². The Bertz CT molecular complexity index is 1040. The Kier molecular flexibility index (Phi) is 7.43. The standard InChI is InChI=1S/C17H22N2O10S2/c1-27-19-7-9(10-4-2-3-5-11(10)19)6-13(18-29-31(24,25)26)30-17-16(23)15(22)14(21)12(8-20)28-17/h2-5,7,12,14-17,20-23H,6,8H2,1H3,(H,24,25,26)/p-1/b18-13-/t12-,14-,15+,16-,17+/m1/s1. The molecule has 0 aliphatic carbocycles. The third-order valence-corrected chi connectivity index (χ3v) is 6.00. The van der Waals surface area contributed by atoms with E-state index in [2.05, 4.69) is 9.44 Å². The van der Waals surface area contributed by atoms with Gasteiger partial charge in [0.25, 0.3) is 10.4 Å². The number of oxime groups is 1. The average molecular weight is 477 g/mol. The Labute approximate surface area is 181 Å². The summed E-state index contributed by atoms with van der Waals surface area (Å²) in [6, 6.07) is 7.17. The van der Waals surface area contributed by atoms with Crippen LogP contribution in [0.3, 0.4) is 0 Å². The van der Waals surface area contributed by atoms with Gasteiger partial charge in [-0.2, -0.15) is 13.1 Å². The summed E-state index contributed by atoms with van der Waals surface area (Å²) in [5.41, 5.74) is 0.0952. The van der Waals surface area contributed by atoms with E-state index in [-0.39, 0.29) is 11.5 Å². The molecule has 14 heteroatoms. The minimum absolute atomic E-state index is 0.0495. The van der Waals surface area contributed by atoms with Crippen LogP contribution in [-0.4, -0.2) is 86.7 Å². The summed E-state index contributed by atoms with van der Waals surface area (Å²) in [5.74, 6) is 0. The van der Waals surface area contributed by atoms with Crippen molar-refractivity contribution in [3.05, 3.63) is 36.0 Å². The number of hydrogen-bond donors (Lipinski definition) is 4. The first-order valence-corrected chi connectivity index (χ1v) is 11.2. The molecule has 0 spiro atoms. The lowest BCUT2D eigenvalue weighted by Gasteiger charge is -2.39. The zero-order chi connectivity index (χ0) is 22.8. The number of aromatic nitrogens is 1. The molecule has 31 heavy (non-hydrogen) atoms. The summed E-state index contributed by atoms with van der Waals surface area (Å²) < 4.78 is 43.6. The molecule has 1 aliphatic rings. The molecule has 0 unspecified atom stereocenters. The van der Waals surface area contributed by atoms with Gasteiger partial charge in [-0.25, -0.2) is 0 Å². The van der Waals surface area contributed by atoms with Crippen LogP contribution in [0.25, 0.3) is 10.9 Å². The summed E-state index contributed by atoms with van der Waals surface area (Å²) in [5, 5.41) is 43.5.